The molecule has 6 rings (SSSR count). The van der Waals surface area contributed by atoms with E-state index in [0.29, 0.717) is 44.0 Å². The van der Waals surface area contributed by atoms with Gasteiger partial charge in [0.2, 0.25) is 0 Å². The van der Waals surface area contributed by atoms with Crippen LogP contribution in [0.1, 0.15) is 24.4 Å². The van der Waals surface area contributed by atoms with Crippen LogP contribution in [0.5, 0.6) is 0 Å². The number of H-pyrrole nitrogens is 1. The van der Waals surface area contributed by atoms with Crippen LogP contribution < -0.4 is 16.3 Å². The topological polar surface area (TPSA) is 110 Å². The number of anilines is 1. The first-order chi connectivity index (χ1) is 18.9. The summed E-state index contributed by atoms with van der Waals surface area (Å²) in [6.07, 6.45) is 4.68. The summed E-state index contributed by atoms with van der Waals surface area (Å²) in [5.41, 5.74) is 3.74. The molecule has 0 radical (unpaired) electrons. The van der Waals surface area contributed by atoms with Crippen molar-refractivity contribution in [2.75, 3.05) is 5.32 Å². The summed E-state index contributed by atoms with van der Waals surface area (Å²) in [5, 5.41) is 9.57. The smallest absolute Gasteiger partial charge is 0.263 e. The molecule has 0 unspecified atom stereocenters. The van der Waals surface area contributed by atoms with Gasteiger partial charge in [-0.15, -0.1) is 0 Å². The quantitative estimate of drug-likeness (QED) is 0.314. The highest BCUT2D eigenvalue weighted by molar-refractivity contribution is 6.36. The van der Waals surface area contributed by atoms with Gasteiger partial charge in [0.1, 0.15) is 23.2 Å². The van der Waals surface area contributed by atoms with Gasteiger partial charge in [0, 0.05) is 41.6 Å². The highest BCUT2D eigenvalue weighted by Gasteiger charge is 2.25. The molecule has 10 heteroatoms. The Kier molecular flexibility index (Phi) is 6.00. The summed E-state index contributed by atoms with van der Waals surface area (Å²) in [7, 11) is 1.87. The van der Waals surface area contributed by atoms with Crippen LogP contribution in [0, 0.1) is 6.92 Å². The van der Waals surface area contributed by atoms with E-state index in [2.05, 4.69) is 25.4 Å². The molecule has 0 bridgehead atoms. The van der Waals surface area contributed by atoms with E-state index in [0.717, 1.165) is 16.8 Å². The Hall–Kier alpha value is -4.76. The highest BCUT2D eigenvalue weighted by Crippen LogP contribution is 2.37. The van der Waals surface area contributed by atoms with Gasteiger partial charge in [0.25, 0.3) is 5.56 Å². The Bertz CT molecular complexity index is 1990. The Morgan fingerprint density at radius 1 is 0.974 bits per heavy atom. The maximum absolute atomic E-state index is 14.4. The lowest BCUT2D eigenvalue weighted by molar-refractivity contribution is 0.740. The third-order valence-electron chi connectivity index (χ3n) is 7.04. The summed E-state index contributed by atoms with van der Waals surface area (Å²) in [6.45, 7) is 3.85. The van der Waals surface area contributed by atoms with Gasteiger partial charge in [-0.2, -0.15) is 5.10 Å². The summed E-state index contributed by atoms with van der Waals surface area (Å²) >= 11 is 7.16. The van der Waals surface area contributed by atoms with Crippen LogP contribution in [-0.4, -0.2) is 29.3 Å². The van der Waals surface area contributed by atoms with Crippen molar-refractivity contribution in [1.82, 2.24) is 29.3 Å². The van der Waals surface area contributed by atoms with E-state index in [9.17, 15) is 9.59 Å². The molecule has 4 heterocycles. The predicted octanol–water partition coefficient (Wildman–Crippen LogP) is 5.16. The molecule has 0 saturated carbocycles. The van der Waals surface area contributed by atoms with Gasteiger partial charge in [-0.25, -0.2) is 9.97 Å². The van der Waals surface area contributed by atoms with Crippen LogP contribution in [0.4, 0.5) is 5.82 Å². The second-order valence-corrected chi connectivity index (χ2v) is 9.70. The maximum atomic E-state index is 14.4. The molecule has 9 nitrogen and oxygen atoms in total. The molecule has 39 heavy (non-hydrogen) atoms. The lowest BCUT2D eigenvalue weighted by Gasteiger charge is -2.24. The minimum absolute atomic E-state index is 0.214. The summed E-state index contributed by atoms with van der Waals surface area (Å²) in [4.78, 5) is 38.6. The average Bonchev–Trinajstić information content (AvgIpc) is 3.28. The maximum Gasteiger partial charge on any atom is 0.263 e. The number of aromatic nitrogens is 6. The van der Waals surface area contributed by atoms with Crippen molar-refractivity contribution in [3.8, 4) is 16.8 Å². The molecule has 0 fully saturated rings. The van der Waals surface area contributed by atoms with Crippen LogP contribution in [-0.2, 0) is 7.05 Å². The Morgan fingerprint density at radius 3 is 2.51 bits per heavy atom. The molecular formula is C29H24ClN7O2. The first kappa shape index (κ1) is 24.6. The predicted molar refractivity (Wildman–Crippen MR) is 154 cm³/mol. The molecule has 4 aromatic heterocycles. The number of para-hydroxylation sites is 1. The molecule has 0 spiro atoms. The largest absolute Gasteiger partial charge is 0.361 e. The molecule has 2 aromatic carbocycles. The van der Waals surface area contributed by atoms with E-state index >= 15 is 0 Å². The number of aryl methyl sites for hydroxylation is 1. The van der Waals surface area contributed by atoms with Gasteiger partial charge in [0.15, 0.2) is 5.43 Å². The van der Waals surface area contributed by atoms with E-state index in [1.54, 1.807) is 21.6 Å². The van der Waals surface area contributed by atoms with Crippen LogP contribution >= 0.6 is 11.6 Å². The SMILES string of the molecule is Cc1c(-c2cccc3c(Cl)c([C@H](C)Nc4ncnc5[nH]ccc(=O)c45)n(-c4ccccc4)c(=O)c23)cnn1C. The zero-order chi connectivity index (χ0) is 27.3. The lowest BCUT2D eigenvalue weighted by atomic mass is 9.98. The number of hydrogen-bond acceptors (Lipinski definition) is 6. The van der Waals surface area contributed by atoms with Gasteiger partial charge >= 0.3 is 0 Å². The van der Waals surface area contributed by atoms with E-state index in [1.165, 1.54) is 12.4 Å². The first-order valence-electron chi connectivity index (χ1n) is 12.4. The molecule has 0 saturated heterocycles. The van der Waals surface area contributed by atoms with E-state index in [1.807, 2.05) is 69.4 Å². The van der Waals surface area contributed by atoms with E-state index < -0.39 is 6.04 Å². The Morgan fingerprint density at radius 2 is 1.77 bits per heavy atom. The molecule has 6 aromatic rings. The number of hydrogen-bond donors (Lipinski definition) is 2. The number of nitrogens with zero attached hydrogens (tertiary/aromatic N) is 5. The van der Waals surface area contributed by atoms with Crippen LogP contribution in [0.2, 0.25) is 5.02 Å². The lowest BCUT2D eigenvalue weighted by Crippen LogP contribution is -2.27. The molecule has 0 amide bonds. The van der Waals surface area contributed by atoms with Crippen molar-refractivity contribution in [3.63, 3.8) is 0 Å². The van der Waals surface area contributed by atoms with Gasteiger partial charge in [0.05, 0.1) is 28.3 Å². The van der Waals surface area contributed by atoms with Crippen LogP contribution in [0.15, 0.2) is 82.9 Å². The van der Waals surface area contributed by atoms with E-state index in [-0.39, 0.29) is 11.0 Å². The van der Waals surface area contributed by atoms with Crippen molar-refractivity contribution >= 4 is 39.2 Å². The van der Waals surface area contributed by atoms with E-state index in [4.69, 9.17) is 11.6 Å². The second kappa shape index (κ2) is 9.52. The number of benzene rings is 2. The molecule has 1 atom stereocenters. The van der Waals surface area contributed by atoms with Crippen molar-refractivity contribution in [1.29, 1.82) is 0 Å². The Balaban J connectivity index is 1.63. The zero-order valence-electron chi connectivity index (χ0n) is 21.4. The van der Waals surface area contributed by atoms with Gasteiger partial charge in [-0.05, 0) is 31.5 Å². The number of rotatable bonds is 5. The van der Waals surface area contributed by atoms with Crippen LogP contribution in [0.25, 0.3) is 38.6 Å². The minimum Gasteiger partial charge on any atom is -0.361 e. The summed E-state index contributed by atoms with van der Waals surface area (Å²) in [6, 6.07) is 15.9. The van der Waals surface area contributed by atoms with Gasteiger partial charge in [-0.1, -0.05) is 48.0 Å². The van der Waals surface area contributed by atoms with Crippen molar-refractivity contribution in [2.45, 2.75) is 19.9 Å². The fourth-order valence-electron chi connectivity index (χ4n) is 5.02. The number of pyridine rings is 2. The average molecular weight is 538 g/mol. The minimum atomic E-state index is -0.517. The van der Waals surface area contributed by atoms with Crippen LogP contribution in [0.3, 0.4) is 0 Å². The third kappa shape index (κ3) is 3.98. The highest BCUT2D eigenvalue weighted by atomic mass is 35.5. The van der Waals surface area contributed by atoms with Crippen molar-refractivity contribution in [3.05, 3.63) is 110 Å². The van der Waals surface area contributed by atoms with Crippen molar-refractivity contribution in [2.24, 2.45) is 7.05 Å². The monoisotopic (exact) mass is 537 g/mol. The fourth-order valence-corrected chi connectivity index (χ4v) is 5.42. The summed E-state index contributed by atoms with van der Waals surface area (Å²) in [5.74, 6) is 0.345. The third-order valence-corrected chi connectivity index (χ3v) is 7.43. The normalized spacial score (nSPS) is 12.2. The first-order valence-corrected chi connectivity index (χ1v) is 12.7. The number of aromatic amines is 1. The number of nitrogens with one attached hydrogen (secondary N) is 2. The molecule has 0 aliphatic heterocycles. The number of fused-ring (bicyclic) bond motifs is 2. The standard InChI is InChI=1S/C29H24ClN7O2/c1-16(35-28-24-22(38)12-13-31-27(24)32-15-33-28)26-25(30)20-11-7-10-19(21-14-34-36(3)17(21)2)23(20)29(39)37(26)18-8-5-4-6-9-18/h4-16H,1-3H3,(H2,31,32,33,35,38)/t16-/m0/s1. The van der Waals surface area contributed by atoms with Gasteiger partial charge < -0.3 is 10.3 Å². The Labute approximate surface area is 227 Å². The zero-order valence-corrected chi connectivity index (χ0v) is 22.2. The molecule has 0 aliphatic carbocycles. The molecule has 2 N–H and O–H groups in total. The fraction of sp³-hybridized carbons (Fsp3) is 0.138. The summed E-state index contributed by atoms with van der Waals surface area (Å²) < 4.78 is 3.41. The number of halogens is 1. The van der Waals surface area contributed by atoms with Crippen molar-refractivity contribution < 1.29 is 0 Å². The molecular weight excluding hydrogens is 514 g/mol. The van der Waals surface area contributed by atoms with Gasteiger partial charge in [-0.3, -0.25) is 18.8 Å². The molecule has 194 valence electrons. The second-order valence-electron chi connectivity index (χ2n) is 9.32. The molecule has 0 aliphatic rings.